The minimum atomic E-state index is -0.234. The number of hydrogen-bond acceptors (Lipinski definition) is 3. The molecule has 1 heterocycles. The molecule has 0 aliphatic rings. The normalized spacial score (nSPS) is 10.6. The number of aromatic nitrogens is 2. The van der Waals surface area contributed by atoms with Crippen LogP contribution in [0, 0.1) is 12.7 Å². The maximum Gasteiger partial charge on any atom is 0.133 e. The number of nitrogens with two attached hydrogens (primary N) is 1. The molecule has 0 saturated heterocycles. The van der Waals surface area contributed by atoms with Crippen LogP contribution in [0.1, 0.15) is 22.8 Å². The summed E-state index contributed by atoms with van der Waals surface area (Å²) in [5, 5.41) is 0. The monoisotopic (exact) mass is 245 g/mol. The van der Waals surface area contributed by atoms with Gasteiger partial charge in [0, 0.05) is 24.2 Å². The third-order valence-electron chi connectivity index (χ3n) is 2.61. The fourth-order valence-electron chi connectivity index (χ4n) is 1.88. The number of benzene rings is 1. The summed E-state index contributed by atoms with van der Waals surface area (Å²) < 4.78 is 13.1. The zero-order valence-corrected chi connectivity index (χ0v) is 10.4. The fourth-order valence-corrected chi connectivity index (χ4v) is 1.88. The Labute approximate surface area is 106 Å². The van der Waals surface area contributed by atoms with Crippen molar-refractivity contribution in [3.05, 3.63) is 58.9 Å². The van der Waals surface area contributed by atoms with E-state index in [9.17, 15) is 4.39 Å². The van der Waals surface area contributed by atoms with Gasteiger partial charge in [-0.05, 0) is 37.2 Å². The molecule has 0 aliphatic carbocycles. The lowest BCUT2D eigenvalue weighted by Gasteiger charge is -2.05. The van der Waals surface area contributed by atoms with Crippen molar-refractivity contribution in [2.24, 2.45) is 5.73 Å². The molecule has 0 unspecified atom stereocenters. The topological polar surface area (TPSA) is 51.8 Å². The molecular weight excluding hydrogens is 229 g/mol. The Morgan fingerprint density at radius 3 is 2.78 bits per heavy atom. The minimum Gasteiger partial charge on any atom is -0.330 e. The molecule has 4 heteroatoms. The molecule has 0 bridgehead atoms. The van der Waals surface area contributed by atoms with Crippen LogP contribution in [0.4, 0.5) is 4.39 Å². The summed E-state index contributed by atoms with van der Waals surface area (Å²) in [6.07, 6.45) is 1.27. The number of rotatable bonds is 4. The molecule has 0 saturated carbocycles. The van der Waals surface area contributed by atoms with Crippen molar-refractivity contribution < 1.29 is 4.39 Å². The lowest BCUT2D eigenvalue weighted by atomic mass is 10.1. The summed E-state index contributed by atoms with van der Waals surface area (Å²) in [7, 11) is 0. The average molecular weight is 245 g/mol. The highest BCUT2D eigenvalue weighted by Gasteiger charge is 2.04. The third kappa shape index (κ3) is 3.34. The van der Waals surface area contributed by atoms with Gasteiger partial charge >= 0.3 is 0 Å². The predicted molar refractivity (Wildman–Crippen MR) is 68.7 cm³/mol. The van der Waals surface area contributed by atoms with Crippen LogP contribution >= 0.6 is 0 Å². The molecule has 0 radical (unpaired) electrons. The van der Waals surface area contributed by atoms with Gasteiger partial charge in [-0.25, -0.2) is 14.4 Å². The molecule has 18 heavy (non-hydrogen) atoms. The number of aryl methyl sites for hydroxylation is 1. The van der Waals surface area contributed by atoms with E-state index in [1.165, 1.54) is 12.1 Å². The Morgan fingerprint density at radius 2 is 2.06 bits per heavy atom. The highest BCUT2D eigenvalue weighted by atomic mass is 19.1. The summed E-state index contributed by atoms with van der Waals surface area (Å²) in [6, 6.07) is 8.44. The summed E-state index contributed by atoms with van der Waals surface area (Å²) in [5.74, 6) is 0.478. The number of hydrogen-bond donors (Lipinski definition) is 1. The first-order chi connectivity index (χ1) is 8.67. The first kappa shape index (κ1) is 12.6. The van der Waals surface area contributed by atoms with Crippen LogP contribution < -0.4 is 5.73 Å². The quantitative estimate of drug-likeness (QED) is 0.896. The average Bonchev–Trinajstić information content (AvgIpc) is 2.28. The summed E-state index contributed by atoms with van der Waals surface area (Å²) in [4.78, 5) is 8.80. The summed E-state index contributed by atoms with van der Waals surface area (Å²) in [6.45, 7) is 2.49. The van der Waals surface area contributed by atoms with Crippen LogP contribution in [-0.4, -0.2) is 16.5 Å². The van der Waals surface area contributed by atoms with Crippen LogP contribution in [0.3, 0.4) is 0 Å². The van der Waals surface area contributed by atoms with E-state index in [0.717, 1.165) is 23.4 Å². The van der Waals surface area contributed by atoms with Crippen molar-refractivity contribution in [3.63, 3.8) is 0 Å². The molecule has 3 nitrogen and oxygen atoms in total. The molecule has 0 amide bonds. The first-order valence-corrected chi connectivity index (χ1v) is 5.95. The van der Waals surface area contributed by atoms with Crippen molar-refractivity contribution >= 4 is 0 Å². The van der Waals surface area contributed by atoms with Crippen LogP contribution in [0.25, 0.3) is 0 Å². The van der Waals surface area contributed by atoms with E-state index in [-0.39, 0.29) is 5.82 Å². The molecule has 94 valence electrons. The largest absolute Gasteiger partial charge is 0.330 e. The number of nitrogens with zero attached hydrogens (tertiary/aromatic N) is 2. The lowest BCUT2D eigenvalue weighted by molar-refractivity contribution is 0.625. The summed E-state index contributed by atoms with van der Waals surface area (Å²) >= 11 is 0. The van der Waals surface area contributed by atoms with E-state index >= 15 is 0 Å². The first-order valence-electron chi connectivity index (χ1n) is 5.95. The van der Waals surface area contributed by atoms with Gasteiger partial charge in [-0.3, -0.25) is 0 Å². The van der Waals surface area contributed by atoms with Gasteiger partial charge in [-0.1, -0.05) is 12.1 Å². The Bertz CT molecular complexity index is 540. The van der Waals surface area contributed by atoms with Gasteiger partial charge in [0.2, 0.25) is 0 Å². The second-order valence-electron chi connectivity index (χ2n) is 4.26. The van der Waals surface area contributed by atoms with Gasteiger partial charge in [-0.2, -0.15) is 0 Å². The van der Waals surface area contributed by atoms with Crippen molar-refractivity contribution in [3.8, 4) is 0 Å². The Balaban J connectivity index is 2.23. The van der Waals surface area contributed by atoms with Gasteiger partial charge in [0.05, 0.1) is 0 Å². The van der Waals surface area contributed by atoms with Gasteiger partial charge in [0.25, 0.3) is 0 Å². The SMILES string of the molecule is Cc1cc(CCN)nc(Cc2cccc(F)c2)n1. The molecule has 1 aromatic heterocycles. The maximum absolute atomic E-state index is 13.1. The molecular formula is C14H16FN3. The van der Waals surface area contributed by atoms with Crippen LogP contribution in [0.5, 0.6) is 0 Å². The predicted octanol–water partition coefficient (Wildman–Crippen LogP) is 2.02. The highest BCUT2D eigenvalue weighted by Crippen LogP contribution is 2.09. The molecule has 0 atom stereocenters. The van der Waals surface area contributed by atoms with Gasteiger partial charge in [-0.15, -0.1) is 0 Å². The van der Waals surface area contributed by atoms with E-state index in [1.54, 1.807) is 6.07 Å². The number of halogens is 1. The van der Waals surface area contributed by atoms with E-state index in [1.807, 2.05) is 19.1 Å². The molecule has 2 rings (SSSR count). The van der Waals surface area contributed by atoms with Crippen molar-refractivity contribution in [1.29, 1.82) is 0 Å². The smallest absolute Gasteiger partial charge is 0.133 e. The molecule has 0 fully saturated rings. The van der Waals surface area contributed by atoms with Gasteiger partial charge in [0.1, 0.15) is 11.6 Å². The van der Waals surface area contributed by atoms with Crippen LogP contribution in [0.2, 0.25) is 0 Å². The Hall–Kier alpha value is -1.81. The van der Waals surface area contributed by atoms with Crippen molar-refractivity contribution in [1.82, 2.24) is 9.97 Å². The molecule has 2 aromatic rings. The Kier molecular flexibility index (Phi) is 3.99. The minimum absolute atomic E-state index is 0.234. The van der Waals surface area contributed by atoms with E-state index < -0.39 is 0 Å². The zero-order chi connectivity index (χ0) is 13.0. The summed E-state index contributed by atoms with van der Waals surface area (Å²) in [5.41, 5.74) is 8.26. The van der Waals surface area contributed by atoms with E-state index in [0.29, 0.717) is 18.8 Å². The molecule has 0 aliphatic heterocycles. The van der Waals surface area contributed by atoms with Crippen LogP contribution in [0.15, 0.2) is 30.3 Å². The second kappa shape index (κ2) is 5.69. The van der Waals surface area contributed by atoms with Gasteiger partial charge in [0.15, 0.2) is 0 Å². The van der Waals surface area contributed by atoms with Crippen molar-refractivity contribution in [2.45, 2.75) is 19.8 Å². The highest BCUT2D eigenvalue weighted by molar-refractivity contribution is 5.21. The Morgan fingerprint density at radius 1 is 1.22 bits per heavy atom. The molecule has 2 N–H and O–H groups in total. The molecule has 1 aromatic carbocycles. The second-order valence-corrected chi connectivity index (χ2v) is 4.26. The van der Waals surface area contributed by atoms with Crippen LogP contribution in [-0.2, 0) is 12.8 Å². The zero-order valence-electron chi connectivity index (χ0n) is 10.4. The lowest BCUT2D eigenvalue weighted by Crippen LogP contribution is -2.08. The maximum atomic E-state index is 13.1. The standard InChI is InChI=1S/C14H16FN3/c1-10-7-13(5-6-16)18-14(17-10)9-11-3-2-4-12(15)8-11/h2-4,7-8H,5-6,9,16H2,1H3. The molecule has 0 spiro atoms. The van der Waals surface area contributed by atoms with Crippen molar-refractivity contribution in [2.75, 3.05) is 6.54 Å². The van der Waals surface area contributed by atoms with E-state index in [4.69, 9.17) is 5.73 Å². The fraction of sp³-hybridized carbons (Fsp3) is 0.286. The third-order valence-corrected chi connectivity index (χ3v) is 2.61. The van der Waals surface area contributed by atoms with E-state index in [2.05, 4.69) is 9.97 Å². The van der Waals surface area contributed by atoms with Gasteiger partial charge < -0.3 is 5.73 Å².